The quantitative estimate of drug-likeness (QED) is 0.761. The fourth-order valence-electron chi connectivity index (χ4n) is 3.59. The number of aromatic nitrogens is 4. The summed E-state index contributed by atoms with van der Waals surface area (Å²) in [6, 6.07) is 17.2. The van der Waals surface area contributed by atoms with Gasteiger partial charge in [-0.2, -0.15) is 0 Å². The van der Waals surface area contributed by atoms with E-state index in [4.69, 9.17) is 0 Å². The minimum Gasteiger partial charge on any atom is -0.284 e. The molecule has 0 unspecified atom stereocenters. The van der Waals surface area contributed by atoms with Gasteiger partial charge in [-0.15, -0.1) is 5.10 Å². The van der Waals surface area contributed by atoms with Gasteiger partial charge in [0.25, 0.3) is 5.91 Å². The molecule has 7 nitrogen and oxygen atoms in total. The van der Waals surface area contributed by atoms with Crippen LogP contribution in [-0.2, 0) is 12.0 Å². The van der Waals surface area contributed by atoms with Crippen molar-refractivity contribution in [3.63, 3.8) is 0 Å². The monoisotopic (exact) mass is 376 g/mol. The van der Waals surface area contributed by atoms with E-state index in [9.17, 15) is 4.79 Å². The fourth-order valence-corrected chi connectivity index (χ4v) is 3.59. The normalized spacial score (nSPS) is 17.2. The topological polar surface area (TPSA) is 75.9 Å². The van der Waals surface area contributed by atoms with Crippen LogP contribution >= 0.6 is 0 Å². The van der Waals surface area contributed by atoms with E-state index in [0.29, 0.717) is 17.9 Å². The first-order valence-electron chi connectivity index (χ1n) is 9.44. The number of fused-ring (bicyclic) bond motifs is 1. The Bertz CT molecular complexity index is 976. The van der Waals surface area contributed by atoms with E-state index >= 15 is 0 Å². The SMILES string of the molecule is CC(C)(C)n1nnnc1[C@H]1c2ccccc2CCN1NC(=O)c1ccccc1. The molecule has 0 saturated carbocycles. The molecule has 2 heterocycles. The number of hydrogen-bond donors (Lipinski definition) is 1. The van der Waals surface area contributed by atoms with Crippen molar-refractivity contribution in [2.75, 3.05) is 6.54 Å². The van der Waals surface area contributed by atoms with Crippen LogP contribution in [-0.4, -0.2) is 37.7 Å². The molecule has 4 rings (SSSR count). The van der Waals surface area contributed by atoms with Gasteiger partial charge in [-0.25, -0.2) is 9.69 Å². The van der Waals surface area contributed by atoms with Gasteiger partial charge in [-0.3, -0.25) is 10.2 Å². The molecule has 1 N–H and O–H groups in total. The summed E-state index contributed by atoms with van der Waals surface area (Å²) in [5, 5.41) is 14.4. The van der Waals surface area contributed by atoms with Gasteiger partial charge in [0.15, 0.2) is 5.82 Å². The molecule has 1 aliphatic heterocycles. The van der Waals surface area contributed by atoms with Gasteiger partial charge in [0.2, 0.25) is 0 Å². The molecular formula is C21H24N6O. The fraction of sp³-hybridized carbons (Fsp3) is 0.333. The van der Waals surface area contributed by atoms with Crippen molar-refractivity contribution in [3.8, 4) is 0 Å². The molecule has 3 aromatic rings. The Morgan fingerprint density at radius 2 is 1.79 bits per heavy atom. The summed E-state index contributed by atoms with van der Waals surface area (Å²) in [7, 11) is 0. The van der Waals surface area contributed by atoms with Crippen molar-refractivity contribution in [3.05, 3.63) is 77.1 Å². The predicted octanol–water partition coefficient (Wildman–Crippen LogP) is 2.72. The summed E-state index contributed by atoms with van der Waals surface area (Å²) >= 11 is 0. The molecule has 0 bridgehead atoms. The maximum atomic E-state index is 12.8. The number of carbonyl (C=O) groups excluding carboxylic acids is 1. The Labute approximate surface area is 164 Å². The lowest BCUT2D eigenvalue weighted by atomic mass is 9.92. The highest BCUT2D eigenvalue weighted by Gasteiger charge is 2.36. The number of hydrogen-bond acceptors (Lipinski definition) is 5. The van der Waals surface area contributed by atoms with Crippen molar-refractivity contribution in [2.45, 2.75) is 38.8 Å². The molecule has 0 saturated heterocycles. The Kier molecular flexibility index (Phi) is 4.68. The molecule has 144 valence electrons. The average Bonchev–Trinajstić information content (AvgIpc) is 3.18. The predicted molar refractivity (Wildman–Crippen MR) is 105 cm³/mol. The van der Waals surface area contributed by atoms with Crippen LogP contribution < -0.4 is 5.43 Å². The van der Waals surface area contributed by atoms with Crippen LogP contribution in [0.15, 0.2) is 54.6 Å². The average molecular weight is 376 g/mol. The molecule has 1 aromatic heterocycles. The van der Waals surface area contributed by atoms with Gasteiger partial charge < -0.3 is 0 Å². The van der Waals surface area contributed by atoms with Crippen molar-refractivity contribution >= 4 is 5.91 Å². The lowest BCUT2D eigenvalue weighted by Gasteiger charge is -2.37. The van der Waals surface area contributed by atoms with Gasteiger partial charge in [0.1, 0.15) is 6.04 Å². The molecule has 1 atom stereocenters. The van der Waals surface area contributed by atoms with E-state index in [1.54, 1.807) is 12.1 Å². The number of tetrazole rings is 1. The first-order valence-corrected chi connectivity index (χ1v) is 9.44. The minimum atomic E-state index is -0.277. The highest BCUT2D eigenvalue weighted by molar-refractivity contribution is 5.93. The van der Waals surface area contributed by atoms with Gasteiger partial charge in [-0.1, -0.05) is 42.5 Å². The largest absolute Gasteiger partial charge is 0.284 e. The van der Waals surface area contributed by atoms with Gasteiger partial charge in [0.05, 0.1) is 5.54 Å². The van der Waals surface area contributed by atoms with Gasteiger partial charge in [-0.05, 0) is 60.9 Å². The Morgan fingerprint density at radius 3 is 2.54 bits per heavy atom. The summed E-state index contributed by atoms with van der Waals surface area (Å²) in [5.41, 5.74) is 5.79. The third kappa shape index (κ3) is 3.41. The zero-order valence-corrected chi connectivity index (χ0v) is 16.3. The van der Waals surface area contributed by atoms with Crippen molar-refractivity contribution in [2.24, 2.45) is 0 Å². The maximum absolute atomic E-state index is 12.8. The molecule has 2 aromatic carbocycles. The summed E-state index contributed by atoms with van der Waals surface area (Å²) in [6.45, 7) is 6.87. The lowest BCUT2D eigenvalue weighted by Crippen LogP contribution is -2.49. The number of carbonyl (C=O) groups is 1. The molecular weight excluding hydrogens is 352 g/mol. The number of nitrogens with one attached hydrogen (secondary N) is 1. The molecule has 28 heavy (non-hydrogen) atoms. The van der Waals surface area contributed by atoms with Crippen LogP contribution in [0.25, 0.3) is 0 Å². The molecule has 0 aliphatic carbocycles. The van der Waals surface area contributed by atoms with E-state index in [1.165, 1.54) is 5.56 Å². The Morgan fingerprint density at radius 1 is 1.07 bits per heavy atom. The molecule has 1 aliphatic rings. The van der Waals surface area contributed by atoms with E-state index in [0.717, 1.165) is 12.0 Å². The smallest absolute Gasteiger partial charge is 0.265 e. The van der Waals surface area contributed by atoms with Crippen LogP contribution in [0, 0.1) is 0 Å². The van der Waals surface area contributed by atoms with Crippen LogP contribution in [0.1, 0.15) is 54.1 Å². The highest BCUT2D eigenvalue weighted by Crippen LogP contribution is 2.34. The van der Waals surface area contributed by atoms with E-state index in [1.807, 2.05) is 40.0 Å². The second kappa shape index (κ2) is 7.16. The Hall–Kier alpha value is -3.06. The van der Waals surface area contributed by atoms with Crippen LogP contribution in [0.5, 0.6) is 0 Å². The van der Waals surface area contributed by atoms with E-state index in [-0.39, 0.29) is 17.5 Å². The van der Waals surface area contributed by atoms with Gasteiger partial charge >= 0.3 is 0 Å². The molecule has 0 fully saturated rings. The summed E-state index contributed by atoms with van der Waals surface area (Å²) in [6.07, 6.45) is 0.846. The van der Waals surface area contributed by atoms with E-state index in [2.05, 4.69) is 53.9 Å². The maximum Gasteiger partial charge on any atom is 0.265 e. The van der Waals surface area contributed by atoms with Crippen molar-refractivity contribution in [1.82, 2.24) is 30.6 Å². The standard InChI is InChI=1S/C21H24N6O/c1-21(2,3)27-19(22-24-25-27)18-17-12-8-7-9-15(17)13-14-26(18)23-20(28)16-10-5-4-6-11-16/h4-12,18H,13-14H2,1-3H3,(H,23,28)/t18-/m1/s1. The first kappa shape index (κ1) is 18.3. The number of hydrazine groups is 1. The van der Waals surface area contributed by atoms with Crippen molar-refractivity contribution in [1.29, 1.82) is 0 Å². The molecule has 7 heteroatoms. The molecule has 0 radical (unpaired) electrons. The lowest BCUT2D eigenvalue weighted by molar-refractivity contribution is 0.0687. The number of benzene rings is 2. The Balaban J connectivity index is 1.74. The minimum absolute atomic E-state index is 0.139. The zero-order valence-electron chi connectivity index (χ0n) is 16.3. The summed E-state index contributed by atoms with van der Waals surface area (Å²) in [5.74, 6) is 0.577. The van der Waals surface area contributed by atoms with Gasteiger partial charge in [0, 0.05) is 12.1 Å². The van der Waals surface area contributed by atoms with Crippen LogP contribution in [0.2, 0.25) is 0 Å². The van der Waals surface area contributed by atoms with Crippen molar-refractivity contribution < 1.29 is 4.79 Å². The molecule has 1 amide bonds. The second-order valence-electron chi connectivity index (χ2n) is 7.97. The summed E-state index contributed by atoms with van der Waals surface area (Å²) in [4.78, 5) is 12.8. The number of nitrogens with zero attached hydrogens (tertiary/aromatic N) is 5. The number of rotatable bonds is 3. The first-order chi connectivity index (χ1) is 13.4. The third-order valence-corrected chi connectivity index (χ3v) is 4.94. The highest BCUT2D eigenvalue weighted by atomic mass is 16.2. The number of amides is 1. The second-order valence-corrected chi connectivity index (χ2v) is 7.97. The zero-order chi connectivity index (χ0) is 19.7. The third-order valence-electron chi connectivity index (χ3n) is 4.94. The molecule has 0 spiro atoms. The summed E-state index contributed by atoms with van der Waals surface area (Å²) < 4.78 is 1.83. The van der Waals surface area contributed by atoms with Crippen LogP contribution in [0.4, 0.5) is 0 Å². The van der Waals surface area contributed by atoms with E-state index < -0.39 is 0 Å². The van der Waals surface area contributed by atoms with Crippen LogP contribution in [0.3, 0.4) is 0 Å².